The minimum Gasteiger partial charge on any atom is -0.430 e. The van der Waals surface area contributed by atoms with Crippen molar-refractivity contribution in [1.82, 2.24) is 0 Å². The first kappa shape index (κ1) is 12.5. The van der Waals surface area contributed by atoms with Gasteiger partial charge in [-0.15, -0.1) is 0 Å². The zero-order valence-corrected chi connectivity index (χ0v) is 10.2. The van der Waals surface area contributed by atoms with Crippen molar-refractivity contribution in [2.45, 2.75) is 19.3 Å². The van der Waals surface area contributed by atoms with Crippen LogP contribution in [0.4, 0.5) is 0 Å². The molecule has 3 heteroatoms. The average Bonchev–Trinajstić information content (AvgIpc) is 2.41. The number of hydrogen-bond donors (Lipinski definition) is 1. The van der Waals surface area contributed by atoms with E-state index >= 15 is 0 Å². The molecule has 1 N–H and O–H groups in total. The molecule has 0 aromatic heterocycles. The largest absolute Gasteiger partial charge is 0.430 e. The van der Waals surface area contributed by atoms with Crippen molar-refractivity contribution < 1.29 is 14.6 Å². The van der Waals surface area contributed by atoms with Gasteiger partial charge in [-0.25, -0.2) is 0 Å². The Hall–Kier alpha value is -2.00. The Morgan fingerprint density at radius 1 is 0.833 bits per heavy atom. The average molecular weight is 244 g/mol. The van der Waals surface area contributed by atoms with Crippen molar-refractivity contribution in [2.24, 2.45) is 0 Å². The number of benzene rings is 2. The van der Waals surface area contributed by atoms with Crippen LogP contribution in [0.5, 0.6) is 11.5 Å². The van der Waals surface area contributed by atoms with E-state index in [1.54, 1.807) is 31.2 Å². The second kappa shape index (κ2) is 5.56. The lowest BCUT2D eigenvalue weighted by Crippen LogP contribution is -2.41. The summed E-state index contributed by atoms with van der Waals surface area (Å²) in [5.74, 6) is -0.515. The standard InChI is InChI=1S/C15H16O3/c1-2-15(16,17-13-9-5-3-6-10-13)18-14-11-7-4-8-12-14/h3-12,16H,2H2,1H3. The van der Waals surface area contributed by atoms with Crippen molar-refractivity contribution in [2.75, 3.05) is 0 Å². The maximum Gasteiger partial charge on any atom is 0.368 e. The Morgan fingerprint density at radius 2 is 1.22 bits per heavy atom. The van der Waals surface area contributed by atoms with Crippen molar-refractivity contribution in [3.8, 4) is 11.5 Å². The van der Waals surface area contributed by atoms with E-state index in [0.29, 0.717) is 17.9 Å². The summed E-state index contributed by atoms with van der Waals surface area (Å²) in [6, 6.07) is 18.2. The van der Waals surface area contributed by atoms with Gasteiger partial charge in [-0.05, 0) is 24.3 Å². The van der Waals surface area contributed by atoms with Crippen molar-refractivity contribution >= 4 is 0 Å². The Kier molecular flexibility index (Phi) is 3.85. The quantitative estimate of drug-likeness (QED) is 0.821. The van der Waals surface area contributed by atoms with E-state index in [1.807, 2.05) is 36.4 Å². The van der Waals surface area contributed by atoms with Gasteiger partial charge in [-0.2, -0.15) is 0 Å². The fourth-order valence-corrected chi connectivity index (χ4v) is 1.51. The van der Waals surface area contributed by atoms with Crippen LogP contribution in [-0.4, -0.2) is 11.1 Å². The van der Waals surface area contributed by atoms with Gasteiger partial charge in [-0.3, -0.25) is 0 Å². The Bertz CT molecular complexity index is 426. The van der Waals surface area contributed by atoms with Gasteiger partial charge in [-0.1, -0.05) is 43.3 Å². The van der Waals surface area contributed by atoms with Crippen LogP contribution in [0.3, 0.4) is 0 Å². The molecule has 3 nitrogen and oxygen atoms in total. The van der Waals surface area contributed by atoms with E-state index in [2.05, 4.69) is 0 Å². The van der Waals surface area contributed by atoms with Crippen molar-refractivity contribution in [3.05, 3.63) is 60.7 Å². The van der Waals surface area contributed by atoms with Crippen LogP contribution in [0.1, 0.15) is 13.3 Å². The maximum atomic E-state index is 10.3. The van der Waals surface area contributed by atoms with Crippen LogP contribution in [0.25, 0.3) is 0 Å². The highest BCUT2D eigenvalue weighted by atomic mass is 16.8. The second-order valence-corrected chi connectivity index (χ2v) is 3.90. The lowest BCUT2D eigenvalue weighted by Gasteiger charge is -2.27. The highest BCUT2D eigenvalue weighted by Crippen LogP contribution is 2.23. The van der Waals surface area contributed by atoms with Gasteiger partial charge in [0.2, 0.25) is 0 Å². The number of ether oxygens (including phenoxy) is 2. The smallest absolute Gasteiger partial charge is 0.368 e. The SMILES string of the molecule is CCC(O)(Oc1ccccc1)Oc1ccccc1. The van der Waals surface area contributed by atoms with Gasteiger partial charge in [0, 0.05) is 0 Å². The van der Waals surface area contributed by atoms with Crippen LogP contribution < -0.4 is 9.47 Å². The van der Waals surface area contributed by atoms with E-state index in [4.69, 9.17) is 9.47 Å². The van der Waals surface area contributed by atoms with Crippen LogP contribution in [0.2, 0.25) is 0 Å². The predicted octanol–water partition coefficient (Wildman–Crippen LogP) is 3.20. The molecule has 18 heavy (non-hydrogen) atoms. The molecule has 0 atom stereocenters. The summed E-state index contributed by atoms with van der Waals surface area (Å²) in [7, 11) is 0. The summed E-state index contributed by atoms with van der Waals surface area (Å²) in [5, 5.41) is 10.3. The zero-order valence-electron chi connectivity index (χ0n) is 10.2. The van der Waals surface area contributed by atoms with Crippen molar-refractivity contribution in [3.63, 3.8) is 0 Å². The lowest BCUT2D eigenvalue weighted by atomic mass is 10.3. The van der Waals surface area contributed by atoms with Gasteiger partial charge in [0.1, 0.15) is 11.5 Å². The Labute approximate surface area is 107 Å². The van der Waals surface area contributed by atoms with E-state index in [9.17, 15) is 5.11 Å². The van der Waals surface area contributed by atoms with E-state index in [0.717, 1.165) is 0 Å². The first-order valence-electron chi connectivity index (χ1n) is 5.92. The minimum atomic E-state index is -1.65. The molecule has 0 amide bonds. The monoisotopic (exact) mass is 244 g/mol. The number of rotatable bonds is 5. The fraction of sp³-hybridized carbons (Fsp3) is 0.200. The molecule has 2 aromatic rings. The Morgan fingerprint density at radius 3 is 1.56 bits per heavy atom. The topological polar surface area (TPSA) is 38.7 Å². The highest BCUT2D eigenvalue weighted by Gasteiger charge is 2.29. The molecule has 0 saturated heterocycles. The summed E-state index contributed by atoms with van der Waals surface area (Å²) in [4.78, 5) is 0. The van der Waals surface area contributed by atoms with Crippen LogP contribution in [-0.2, 0) is 0 Å². The van der Waals surface area contributed by atoms with Gasteiger partial charge in [0.15, 0.2) is 0 Å². The normalized spacial score (nSPS) is 11.0. The molecule has 0 aliphatic heterocycles. The third-order valence-corrected chi connectivity index (χ3v) is 2.49. The van der Waals surface area contributed by atoms with Crippen LogP contribution >= 0.6 is 0 Å². The summed E-state index contributed by atoms with van der Waals surface area (Å²) in [6.07, 6.45) is 0.316. The molecule has 2 rings (SSSR count). The number of aliphatic hydroxyl groups is 1. The molecule has 0 bridgehead atoms. The van der Waals surface area contributed by atoms with E-state index in [-0.39, 0.29) is 0 Å². The van der Waals surface area contributed by atoms with Crippen LogP contribution in [0.15, 0.2) is 60.7 Å². The zero-order chi connectivity index (χ0) is 12.8. The molecule has 0 radical (unpaired) electrons. The van der Waals surface area contributed by atoms with Gasteiger partial charge in [0.25, 0.3) is 0 Å². The Balaban J connectivity index is 2.11. The minimum absolute atomic E-state index is 0.316. The molecule has 0 spiro atoms. The number of hydrogen-bond acceptors (Lipinski definition) is 3. The molecule has 0 heterocycles. The highest BCUT2D eigenvalue weighted by molar-refractivity contribution is 5.23. The molecular formula is C15H16O3. The van der Waals surface area contributed by atoms with E-state index in [1.165, 1.54) is 0 Å². The first-order chi connectivity index (χ1) is 8.72. The summed E-state index contributed by atoms with van der Waals surface area (Å²) < 4.78 is 11.0. The fourth-order valence-electron chi connectivity index (χ4n) is 1.51. The molecule has 2 aromatic carbocycles. The summed E-state index contributed by atoms with van der Waals surface area (Å²) in [5.41, 5.74) is 0. The molecular weight excluding hydrogens is 228 g/mol. The van der Waals surface area contributed by atoms with Crippen LogP contribution in [0, 0.1) is 0 Å². The lowest BCUT2D eigenvalue weighted by molar-refractivity contribution is -0.273. The van der Waals surface area contributed by atoms with Gasteiger partial charge < -0.3 is 14.6 Å². The third kappa shape index (κ3) is 3.25. The van der Waals surface area contributed by atoms with Gasteiger partial charge >= 0.3 is 5.97 Å². The number of para-hydroxylation sites is 2. The third-order valence-electron chi connectivity index (χ3n) is 2.49. The maximum absolute atomic E-state index is 10.3. The van der Waals surface area contributed by atoms with E-state index < -0.39 is 5.97 Å². The molecule has 0 saturated carbocycles. The predicted molar refractivity (Wildman–Crippen MR) is 69.4 cm³/mol. The first-order valence-corrected chi connectivity index (χ1v) is 5.92. The molecule has 0 fully saturated rings. The molecule has 0 aliphatic rings. The molecule has 94 valence electrons. The second-order valence-electron chi connectivity index (χ2n) is 3.90. The summed E-state index contributed by atoms with van der Waals surface area (Å²) in [6.45, 7) is 1.80. The summed E-state index contributed by atoms with van der Waals surface area (Å²) >= 11 is 0. The van der Waals surface area contributed by atoms with Crippen molar-refractivity contribution in [1.29, 1.82) is 0 Å². The van der Waals surface area contributed by atoms with Gasteiger partial charge in [0.05, 0.1) is 6.42 Å². The molecule has 0 unspecified atom stereocenters. The molecule has 0 aliphatic carbocycles.